The number of aromatic hydroxyl groups is 1. The van der Waals surface area contributed by atoms with Crippen LogP contribution < -0.4 is 0 Å². The van der Waals surface area contributed by atoms with Gasteiger partial charge >= 0.3 is 0 Å². The van der Waals surface area contributed by atoms with Crippen LogP contribution in [0.4, 0.5) is 0 Å². The summed E-state index contributed by atoms with van der Waals surface area (Å²) >= 11 is 2.15. The van der Waals surface area contributed by atoms with Crippen LogP contribution in [-0.4, -0.2) is 18.3 Å². The third-order valence-electron chi connectivity index (χ3n) is 2.07. The molecular formula is C10H11IO3. The van der Waals surface area contributed by atoms with Crippen LogP contribution in [-0.2, 0) is 9.47 Å². The minimum Gasteiger partial charge on any atom is -0.507 e. The summed E-state index contributed by atoms with van der Waals surface area (Å²) < 4.78 is 11.8. The zero-order valence-corrected chi connectivity index (χ0v) is 9.73. The predicted molar refractivity (Wildman–Crippen MR) is 60.1 cm³/mol. The van der Waals surface area contributed by atoms with Crippen molar-refractivity contribution in [1.29, 1.82) is 0 Å². The molecule has 1 saturated heterocycles. The number of phenols is 1. The van der Waals surface area contributed by atoms with E-state index in [-0.39, 0.29) is 5.75 Å². The molecule has 0 saturated carbocycles. The highest BCUT2D eigenvalue weighted by molar-refractivity contribution is 14.1. The zero-order chi connectivity index (χ0) is 9.97. The van der Waals surface area contributed by atoms with E-state index < -0.39 is 6.29 Å². The van der Waals surface area contributed by atoms with Crippen LogP contribution in [0.15, 0.2) is 18.2 Å². The molecule has 0 atom stereocenters. The van der Waals surface area contributed by atoms with Crippen LogP contribution >= 0.6 is 22.6 Å². The summed E-state index contributed by atoms with van der Waals surface area (Å²) in [6, 6.07) is 5.47. The number of ether oxygens (including phenoxy) is 2. The van der Waals surface area contributed by atoms with E-state index in [2.05, 4.69) is 22.6 Å². The third-order valence-corrected chi connectivity index (χ3v) is 2.74. The van der Waals surface area contributed by atoms with Crippen LogP contribution in [0.2, 0.25) is 0 Å². The Morgan fingerprint density at radius 3 is 2.64 bits per heavy atom. The Kier molecular flexibility index (Phi) is 3.25. The van der Waals surface area contributed by atoms with Crippen molar-refractivity contribution in [3.8, 4) is 5.75 Å². The Labute approximate surface area is 96.2 Å². The molecule has 0 radical (unpaired) electrons. The maximum atomic E-state index is 9.68. The first-order valence-corrected chi connectivity index (χ1v) is 5.57. The van der Waals surface area contributed by atoms with Gasteiger partial charge in [0.15, 0.2) is 6.29 Å². The van der Waals surface area contributed by atoms with Gasteiger partial charge in [-0.2, -0.15) is 0 Å². The standard InChI is InChI=1S/C10H11IO3/c11-7-2-3-8(9(12)6-7)10-13-4-1-5-14-10/h2-3,6,10,12H,1,4-5H2. The van der Waals surface area contributed by atoms with Crippen molar-refractivity contribution in [2.24, 2.45) is 0 Å². The molecule has 1 fully saturated rings. The fraction of sp³-hybridized carbons (Fsp3) is 0.400. The number of benzene rings is 1. The van der Waals surface area contributed by atoms with Gasteiger partial charge in [-0.3, -0.25) is 0 Å². The van der Waals surface area contributed by atoms with E-state index in [1.165, 1.54) is 0 Å². The molecule has 4 heteroatoms. The van der Waals surface area contributed by atoms with Crippen LogP contribution in [0.25, 0.3) is 0 Å². The summed E-state index contributed by atoms with van der Waals surface area (Å²) in [6.07, 6.45) is 0.516. The van der Waals surface area contributed by atoms with Gasteiger partial charge in [-0.25, -0.2) is 0 Å². The zero-order valence-electron chi connectivity index (χ0n) is 7.57. The maximum Gasteiger partial charge on any atom is 0.187 e. The summed E-state index contributed by atoms with van der Waals surface area (Å²) in [6.45, 7) is 1.38. The Balaban J connectivity index is 2.22. The van der Waals surface area contributed by atoms with E-state index in [0.29, 0.717) is 18.8 Å². The van der Waals surface area contributed by atoms with Gasteiger partial charge in [0, 0.05) is 9.13 Å². The fourth-order valence-electron chi connectivity index (χ4n) is 1.38. The molecule has 1 aromatic rings. The average Bonchev–Trinajstić information content (AvgIpc) is 2.19. The summed E-state index contributed by atoms with van der Waals surface area (Å²) in [4.78, 5) is 0. The topological polar surface area (TPSA) is 38.7 Å². The highest BCUT2D eigenvalue weighted by Crippen LogP contribution is 2.30. The number of halogens is 1. The summed E-state index contributed by atoms with van der Waals surface area (Å²) in [5.41, 5.74) is 0.713. The molecule has 1 heterocycles. The smallest absolute Gasteiger partial charge is 0.187 e. The summed E-state index contributed by atoms with van der Waals surface area (Å²) in [5, 5.41) is 9.68. The average molecular weight is 306 g/mol. The molecule has 1 N–H and O–H groups in total. The van der Waals surface area contributed by atoms with E-state index in [1.54, 1.807) is 6.07 Å². The second-order valence-corrected chi connectivity index (χ2v) is 4.38. The molecule has 2 rings (SSSR count). The van der Waals surface area contributed by atoms with Gasteiger partial charge < -0.3 is 14.6 Å². The lowest BCUT2D eigenvalue weighted by atomic mass is 10.2. The first kappa shape index (κ1) is 10.2. The number of hydrogen-bond acceptors (Lipinski definition) is 3. The number of hydrogen-bond donors (Lipinski definition) is 1. The van der Waals surface area contributed by atoms with Crippen LogP contribution in [0.5, 0.6) is 5.75 Å². The van der Waals surface area contributed by atoms with Crippen molar-refractivity contribution in [1.82, 2.24) is 0 Å². The summed E-state index contributed by atoms with van der Waals surface area (Å²) in [5.74, 6) is 0.240. The quantitative estimate of drug-likeness (QED) is 0.810. The van der Waals surface area contributed by atoms with Crippen LogP contribution in [0.1, 0.15) is 18.3 Å². The maximum absolute atomic E-state index is 9.68. The monoisotopic (exact) mass is 306 g/mol. The van der Waals surface area contributed by atoms with Gasteiger partial charge in [0.05, 0.1) is 13.2 Å². The molecule has 0 bridgehead atoms. The van der Waals surface area contributed by atoms with E-state index in [9.17, 15) is 5.11 Å². The van der Waals surface area contributed by atoms with Crippen molar-refractivity contribution in [3.63, 3.8) is 0 Å². The highest BCUT2D eigenvalue weighted by atomic mass is 127. The van der Waals surface area contributed by atoms with E-state index in [1.807, 2.05) is 12.1 Å². The van der Waals surface area contributed by atoms with Crippen molar-refractivity contribution in [2.75, 3.05) is 13.2 Å². The molecule has 0 spiro atoms. The van der Waals surface area contributed by atoms with Gasteiger partial charge in [0.1, 0.15) is 5.75 Å². The van der Waals surface area contributed by atoms with Gasteiger partial charge in [-0.1, -0.05) is 0 Å². The second-order valence-electron chi connectivity index (χ2n) is 3.13. The molecule has 1 aromatic carbocycles. The molecule has 0 aliphatic carbocycles. The number of phenolic OH excluding ortho intramolecular Hbond substituents is 1. The summed E-state index contributed by atoms with van der Waals surface area (Å²) in [7, 11) is 0. The minimum absolute atomic E-state index is 0.240. The van der Waals surface area contributed by atoms with Crippen LogP contribution in [0.3, 0.4) is 0 Å². The lowest BCUT2D eigenvalue weighted by Crippen LogP contribution is -2.17. The van der Waals surface area contributed by atoms with Gasteiger partial charge in [0.25, 0.3) is 0 Å². The number of rotatable bonds is 1. The van der Waals surface area contributed by atoms with E-state index in [4.69, 9.17) is 9.47 Å². The Morgan fingerprint density at radius 2 is 2.00 bits per heavy atom. The Hall–Kier alpha value is -0.330. The molecule has 0 unspecified atom stereocenters. The molecule has 76 valence electrons. The lowest BCUT2D eigenvalue weighted by molar-refractivity contribution is -0.183. The first-order chi connectivity index (χ1) is 6.77. The normalized spacial score (nSPS) is 18.4. The molecule has 0 amide bonds. The van der Waals surface area contributed by atoms with Crippen LogP contribution in [0, 0.1) is 3.57 Å². The fourth-order valence-corrected chi connectivity index (χ4v) is 1.86. The largest absolute Gasteiger partial charge is 0.507 e. The van der Waals surface area contributed by atoms with Crippen molar-refractivity contribution in [2.45, 2.75) is 12.7 Å². The SMILES string of the molecule is Oc1cc(I)ccc1C1OCCCO1. The van der Waals surface area contributed by atoms with Crippen molar-refractivity contribution >= 4 is 22.6 Å². The molecule has 14 heavy (non-hydrogen) atoms. The van der Waals surface area contributed by atoms with Gasteiger partial charge in [0.2, 0.25) is 0 Å². The molecule has 3 nitrogen and oxygen atoms in total. The molecule has 1 aliphatic rings. The molecule has 1 aliphatic heterocycles. The van der Waals surface area contributed by atoms with E-state index >= 15 is 0 Å². The lowest BCUT2D eigenvalue weighted by Gasteiger charge is -2.24. The molecular weight excluding hydrogens is 295 g/mol. The predicted octanol–water partition coefficient (Wildman–Crippen LogP) is 2.43. The van der Waals surface area contributed by atoms with E-state index in [0.717, 1.165) is 9.99 Å². The Morgan fingerprint density at radius 1 is 1.29 bits per heavy atom. The second kappa shape index (κ2) is 4.46. The van der Waals surface area contributed by atoms with Gasteiger partial charge in [-0.15, -0.1) is 0 Å². The minimum atomic E-state index is -0.402. The molecule has 0 aromatic heterocycles. The first-order valence-electron chi connectivity index (χ1n) is 4.49. The highest BCUT2D eigenvalue weighted by Gasteiger charge is 2.19. The van der Waals surface area contributed by atoms with Crippen molar-refractivity contribution in [3.05, 3.63) is 27.3 Å². The Bertz CT molecular complexity index is 321. The van der Waals surface area contributed by atoms with Crippen molar-refractivity contribution < 1.29 is 14.6 Å². The van der Waals surface area contributed by atoms with Gasteiger partial charge in [-0.05, 0) is 47.2 Å². The third kappa shape index (κ3) is 2.18.